The molecule has 0 atom stereocenters. The molecular weight excluding hydrogens is 270 g/mol. The third-order valence-electron chi connectivity index (χ3n) is 2.62. The third-order valence-corrected chi connectivity index (χ3v) is 2.83. The van der Waals surface area contributed by atoms with E-state index in [9.17, 15) is 9.70 Å². The molecule has 0 aliphatic carbocycles. The molecule has 0 amide bonds. The molecule has 0 aliphatic heterocycles. The molecule has 0 saturated carbocycles. The minimum atomic E-state index is -0.445. The molecule has 2 aromatic rings. The van der Waals surface area contributed by atoms with Gasteiger partial charge in [0.1, 0.15) is 11.3 Å². The summed E-state index contributed by atoms with van der Waals surface area (Å²) in [6.07, 6.45) is 1.45. The predicted octanol–water partition coefficient (Wildman–Crippen LogP) is 2.80. The molecule has 2 rings (SSSR count). The summed E-state index contributed by atoms with van der Waals surface area (Å²) in [5.74, 6) is -0.367. The van der Waals surface area contributed by atoms with Crippen LogP contribution in [0.4, 0.5) is 5.82 Å². The van der Waals surface area contributed by atoms with Crippen LogP contribution in [0.25, 0.3) is 5.65 Å². The molecule has 100 valence electrons. The van der Waals surface area contributed by atoms with Crippen LogP contribution in [0.5, 0.6) is 0 Å². The van der Waals surface area contributed by atoms with E-state index in [4.69, 9.17) is 16.3 Å². The average molecular weight is 282 g/mol. The standard InChI is InChI=1S/C12H12ClN3O3/c1-3-19-10(17)5-9-12(15-18)16-6-8(13)4-7(2)11(16)14-9/h4,6H,3,5H2,1-2H3. The lowest BCUT2D eigenvalue weighted by Crippen LogP contribution is -2.07. The van der Waals surface area contributed by atoms with Crippen molar-refractivity contribution in [3.8, 4) is 0 Å². The van der Waals surface area contributed by atoms with Crippen molar-refractivity contribution in [1.82, 2.24) is 9.38 Å². The molecule has 6 nitrogen and oxygen atoms in total. The van der Waals surface area contributed by atoms with Gasteiger partial charge in [0.05, 0.1) is 18.1 Å². The number of aromatic nitrogens is 2. The maximum atomic E-state index is 11.5. The molecule has 19 heavy (non-hydrogen) atoms. The normalized spacial score (nSPS) is 10.7. The molecule has 0 unspecified atom stereocenters. The van der Waals surface area contributed by atoms with Gasteiger partial charge in [-0.1, -0.05) is 11.6 Å². The van der Waals surface area contributed by atoms with Gasteiger partial charge in [-0.2, -0.15) is 0 Å². The number of carbonyl (C=O) groups excluding carboxylic acids is 1. The molecule has 0 fully saturated rings. The summed E-state index contributed by atoms with van der Waals surface area (Å²) < 4.78 is 6.32. The van der Waals surface area contributed by atoms with Gasteiger partial charge in [-0.25, -0.2) is 4.98 Å². The molecule has 0 bridgehead atoms. The average Bonchev–Trinajstić information content (AvgIpc) is 2.67. The van der Waals surface area contributed by atoms with Gasteiger partial charge in [0.25, 0.3) is 0 Å². The van der Waals surface area contributed by atoms with Crippen molar-refractivity contribution in [3.63, 3.8) is 0 Å². The number of esters is 1. The van der Waals surface area contributed by atoms with Crippen LogP contribution in [-0.2, 0) is 16.0 Å². The van der Waals surface area contributed by atoms with Crippen molar-refractivity contribution in [2.75, 3.05) is 6.61 Å². The van der Waals surface area contributed by atoms with E-state index in [1.54, 1.807) is 19.2 Å². The summed E-state index contributed by atoms with van der Waals surface area (Å²) in [5, 5.41) is 3.41. The molecule has 0 saturated heterocycles. The molecule has 0 aliphatic rings. The van der Waals surface area contributed by atoms with Crippen molar-refractivity contribution >= 4 is 29.0 Å². The number of carbonyl (C=O) groups is 1. The van der Waals surface area contributed by atoms with E-state index >= 15 is 0 Å². The fourth-order valence-electron chi connectivity index (χ4n) is 1.87. The van der Waals surface area contributed by atoms with E-state index in [1.165, 1.54) is 4.40 Å². The number of hydrogen-bond acceptors (Lipinski definition) is 5. The lowest BCUT2D eigenvalue weighted by molar-refractivity contribution is -0.142. The van der Waals surface area contributed by atoms with Crippen molar-refractivity contribution in [2.45, 2.75) is 20.3 Å². The van der Waals surface area contributed by atoms with Crippen molar-refractivity contribution < 1.29 is 9.53 Å². The van der Waals surface area contributed by atoms with Crippen LogP contribution >= 0.6 is 11.6 Å². The number of fused-ring (bicyclic) bond motifs is 1. The molecule has 7 heteroatoms. The zero-order chi connectivity index (χ0) is 14.0. The minimum Gasteiger partial charge on any atom is -0.466 e. The Morgan fingerprint density at radius 2 is 2.32 bits per heavy atom. The smallest absolute Gasteiger partial charge is 0.312 e. The number of rotatable bonds is 4. The van der Waals surface area contributed by atoms with Gasteiger partial charge in [-0.3, -0.25) is 9.20 Å². The monoisotopic (exact) mass is 281 g/mol. The van der Waals surface area contributed by atoms with Gasteiger partial charge in [-0.05, 0) is 30.7 Å². The highest BCUT2D eigenvalue weighted by molar-refractivity contribution is 6.30. The number of halogens is 1. The first-order chi connectivity index (χ1) is 9.06. The molecule has 0 N–H and O–H groups in total. The Bertz CT molecular complexity index is 651. The second-order valence-electron chi connectivity index (χ2n) is 3.99. The topological polar surface area (TPSA) is 73.0 Å². The van der Waals surface area contributed by atoms with Gasteiger partial charge in [0.15, 0.2) is 0 Å². The molecule has 2 heterocycles. The van der Waals surface area contributed by atoms with Gasteiger partial charge in [0.2, 0.25) is 5.82 Å². The first kappa shape index (κ1) is 13.5. The highest BCUT2D eigenvalue weighted by Gasteiger charge is 2.18. The Morgan fingerprint density at radius 1 is 1.58 bits per heavy atom. The number of nitrogens with zero attached hydrogens (tertiary/aromatic N) is 3. The van der Waals surface area contributed by atoms with Crippen LogP contribution in [-0.4, -0.2) is 22.0 Å². The molecule has 2 aromatic heterocycles. The molecule has 0 spiro atoms. The van der Waals surface area contributed by atoms with Crippen LogP contribution < -0.4 is 0 Å². The van der Waals surface area contributed by atoms with Crippen molar-refractivity contribution in [2.24, 2.45) is 5.18 Å². The summed E-state index contributed by atoms with van der Waals surface area (Å²) in [5.41, 5.74) is 1.64. The Hall–Kier alpha value is -1.95. The third kappa shape index (κ3) is 2.58. The number of aryl methyl sites for hydroxylation is 1. The SMILES string of the molecule is CCOC(=O)Cc1nc2c(C)cc(Cl)cn2c1N=O. The Labute approximate surface area is 114 Å². The largest absolute Gasteiger partial charge is 0.466 e. The van der Waals surface area contributed by atoms with Crippen molar-refractivity contribution in [1.29, 1.82) is 0 Å². The lowest BCUT2D eigenvalue weighted by atomic mass is 10.3. The van der Waals surface area contributed by atoms with E-state index in [2.05, 4.69) is 10.2 Å². The van der Waals surface area contributed by atoms with Crippen LogP contribution in [0, 0.1) is 11.8 Å². The van der Waals surface area contributed by atoms with Crippen LogP contribution in [0.1, 0.15) is 18.2 Å². The molecular formula is C12H12ClN3O3. The fourth-order valence-corrected chi connectivity index (χ4v) is 2.13. The summed E-state index contributed by atoms with van der Waals surface area (Å²) in [4.78, 5) is 26.7. The molecule has 0 aromatic carbocycles. The second-order valence-corrected chi connectivity index (χ2v) is 4.43. The van der Waals surface area contributed by atoms with E-state index in [0.717, 1.165) is 5.56 Å². The summed E-state index contributed by atoms with van der Waals surface area (Å²) in [6, 6.07) is 1.73. The minimum absolute atomic E-state index is 0.0775. The Balaban J connectivity index is 2.53. The zero-order valence-electron chi connectivity index (χ0n) is 10.5. The van der Waals surface area contributed by atoms with E-state index in [-0.39, 0.29) is 18.8 Å². The summed E-state index contributed by atoms with van der Waals surface area (Å²) >= 11 is 5.93. The van der Waals surface area contributed by atoms with Gasteiger partial charge in [0, 0.05) is 6.20 Å². The van der Waals surface area contributed by atoms with Crippen LogP contribution in [0.2, 0.25) is 5.02 Å². The Morgan fingerprint density at radius 3 is 2.95 bits per heavy atom. The van der Waals surface area contributed by atoms with Gasteiger partial charge < -0.3 is 4.74 Å². The number of pyridine rings is 1. The second kappa shape index (κ2) is 5.36. The van der Waals surface area contributed by atoms with Crippen LogP contribution in [0.15, 0.2) is 17.4 Å². The van der Waals surface area contributed by atoms with E-state index in [1.807, 2.05) is 6.92 Å². The quantitative estimate of drug-likeness (QED) is 0.638. The first-order valence-electron chi connectivity index (χ1n) is 5.72. The zero-order valence-corrected chi connectivity index (χ0v) is 11.3. The highest BCUT2D eigenvalue weighted by Crippen LogP contribution is 2.26. The summed E-state index contributed by atoms with van der Waals surface area (Å²) in [7, 11) is 0. The summed E-state index contributed by atoms with van der Waals surface area (Å²) in [6.45, 7) is 3.81. The van der Waals surface area contributed by atoms with E-state index < -0.39 is 5.97 Å². The van der Waals surface area contributed by atoms with Crippen molar-refractivity contribution in [3.05, 3.63) is 33.5 Å². The van der Waals surface area contributed by atoms with Gasteiger partial charge in [-0.15, -0.1) is 4.91 Å². The number of nitroso groups, excluding NO2 is 1. The lowest BCUT2D eigenvalue weighted by Gasteiger charge is -1.99. The highest BCUT2D eigenvalue weighted by atomic mass is 35.5. The van der Waals surface area contributed by atoms with Gasteiger partial charge >= 0.3 is 5.97 Å². The maximum absolute atomic E-state index is 11.5. The number of imidazole rings is 1. The molecule has 0 radical (unpaired) electrons. The maximum Gasteiger partial charge on any atom is 0.312 e. The van der Waals surface area contributed by atoms with E-state index in [0.29, 0.717) is 16.4 Å². The first-order valence-corrected chi connectivity index (χ1v) is 6.10. The van der Waals surface area contributed by atoms with Crippen LogP contribution in [0.3, 0.4) is 0 Å². The predicted molar refractivity (Wildman–Crippen MR) is 70.7 cm³/mol. The number of hydrogen-bond donors (Lipinski definition) is 0. The Kier molecular flexibility index (Phi) is 3.80. The fraction of sp³-hybridized carbons (Fsp3) is 0.333. The number of ether oxygens (including phenoxy) is 1.